The monoisotopic (exact) mass is 225 g/mol. The van der Waals surface area contributed by atoms with E-state index in [1.807, 2.05) is 25.1 Å². The van der Waals surface area contributed by atoms with Gasteiger partial charge in [-0.05, 0) is 42.8 Å². The van der Waals surface area contributed by atoms with Crippen LogP contribution in [-0.4, -0.2) is 20.1 Å². The molecule has 4 nitrogen and oxygen atoms in total. The smallest absolute Gasteiger partial charge is 0.178 e. The fourth-order valence-corrected chi connectivity index (χ4v) is 1.79. The van der Waals surface area contributed by atoms with E-state index in [1.165, 1.54) is 0 Å². The van der Waals surface area contributed by atoms with Gasteiger partial charge in [0.25, 0.3) is 0 Å². The molecule has 2 N–H and O–H groups in total. The zero-order valence-electron chi connectivity index (χ0n) is 9.31. The lowest BCUT2D eigenvalue weighted by Gasteiger charge is -1.96. The Hall–Kier alpha value is -2.36. The van der Waals surface area contributed by atoms with Crippen molar-refractivity contribution in [2.75, 3.05) is 0 Å². The standard InChI is InChI=1S/C13H11N3O/c1-8-6-7-14-13-11(8)15-12(16-13)9-2-4-10(17)5-3-9/h2-7,17H,1H3,(H,14,15,16). The van der Waals surface area contributed by atoms with Gasteiger partial charge < -0.3 is 10.1 Å². The van der Waals surface area contributed by atoms with Gasteiger partial charge in [0.15, 0.2) is 5.65 Å². The predicted octanol–water partition coefficient (Wildman–Crippen LogP) is 2.64. The number of H-pyrrole nitrogens is 1. The maximum absolute atomic E-state index is 9.24. The van der Waals surface area contributed by atoms with Crippen LogP contribution in [-0.2, 0) is 0 Å². The van der Waals surface area contributed by atoms with Crippen LogP contribution in [0.2, 0.25) is 0 Å². The van der Waals surface area contributed by atoms with E-state index >= 15 is 0 Å². The molecule has 3 rings (SSSR count). The number of aromatic hydroxyl groups is 1. The molecular formula is C13H11N3O. The fraction of sp³-hybridized carbons (Fsp3) is 0.0769. The highest BCUT2D eigenvalue weighted by Crippen LogP contribution is 2.22. The third-order valence-corrected chi connectivity index (χ3v) is 2.74. The summed E-state index contributed by atoms with van der Waals surface area (Å²) in [4.78, 5) is 11.9. The summed E-state index contributed by atoms with van der Waals surface area (Å²) in [6, 6.07) is 8.87. The first-order valence-electron chi connectivity index (χ1n) is 5.35. The zero-order valence-corrected chi connectivity index (χ0v) is 9.31. The normalized spacial score (nSPS) is 10.9. The molecule has 0 atom stereocenters. The van der Waals surface area contributed by atoms with Gasteiger partial charge in [0, 0.05) is 11.8 Å². The van der Waals surface area contributed by atoms with Crippen molar-refractivity contribution in [3.63, 3.8) is 0 Å². The summed E-state index contributed by atoms with van der Waals surface area (Å²) in [7, 11) is 0. The average molecular weight is 225 g/mol. The first kappa shape index (κ1) is 9.84. The first-order valence-corrected chi connectivity index (χ1v) is 5.35. The number of hydrogen-bond acceptors (Lipinski definition) is 3. The number of phenols is 1. The van der Waals surface area contributed by atoms with Crippen LogP contribution < -0.4 is 0 Å². The summed E-state index contributed by atoms with van der Waals surface area (Å²) < 4.78 is 0. The largest absolute Gasteiger partial charge is 0.508 e. The van der Waals surface area contributed by atoms with Gasteiger partial charge in [0.2, 0.25) is 0 Å². The molecule has 4 heteroatoms. The lowest BCUT2D eigenvalue weighted by Crippen LogP contribution is -1.79. The van der Waals surface area contributed by atoms with Crippen molar-refractivity contribution in [3.8, 4) is 17.1 Å². The maximum Gasteiger partial charge on any atom is 0.178 e. The maximum atomic E-state index is 9.24. The highest BCUT2D eigenvalue weighted by atomic mass is 16.3. The van der Waals surface area contributed by atoms with Gasteiger partial charge in [-0.2, -0.15) is 0 Å². The van der Waals surface area contributed by atoms with Crippen molar-refractivity contribution in [3.05, 3.63) is 42.1 Å². The van der Waals surface area contributed by atoms with Gasteiger partial charge in [0.1, 0.15) is 11.6 Å². The molecule has 0 radical (unpaired) electrons. The van der Waals surface area contributed by atoms with Crippen molar-refractivity contribution in [1.29, 1.82) is 0 Å². The van der Waals surface area contributed by atoms with Gasteiger partial charge in [-0.25, -0.2) is 9.97 Å². The molecule has 17 heavy (non-hydrogen) atoms. The number of phenolic OH excluding ortho intramolecular Hbond substituents is 1. The zero-order chi connectivity index (χ0) is 11.8. The van der Waals surface area contributed by atoms with Crippen LogP contribution in [0.5, 0.6) is 5.75 Å². The molecule has 0 bridgehead atoms. The Balaban J connectivity index is 2.18. The summed E-state index contributed by atoms with van der Waals surface area (Å²) >= 11 is 0. The molecule has 0 aliphatic carbocycles. The third-order valence-electron chi connectivity index (χ3n) is 2.74. The van der Waals surface area contributed by atoms with E-state index in [2.05, 4.69) is 15.0 Å². The molecule has 2 aromatic heterocycles. The van der Waals surface area contributed by atoms with Crippen LogP contribution in [0.1, 0.15) is 5.56 Å². The lowest BCUT2D eigenvalue weighted by molar-refractivity contribution is 0.475. The molecule has 1 aromatic carbocycles. The van der Waals surface area contributed by atoms with E-state index in [-0.39, 0.29) is 5.75 Å². The Morgan fingerprint density at radius 1 is 1.12 bits per heavy atom. The Labute approximate surface area is 98.0 Å². The van der Waals surface area contributed by atoms with Crippen LogP contribution in [0.3, 0.4) is 0 Å². The van der Waals surface area contributed by atoms with Crippen LogP contribution >= 0.6 is 0 Å². The number of rotatable bonds is 1. The van der Waals surface area contributed by atoms with Crippen LogP contribution in [0.25, 0.3) is 22.6 Å². The van der Waals surface area contributed by atoms with E-state index < -0.39 is 0 Å². The summed E-state index contributed by atoms with van der Waals surface area (Å²) in [6.07, 6.45) is 1.75. The van der Waals surface area contributed by atoms with Gasteiger partial charge >= 0.3 is 0 Å². The molecule has 0 spiro atoms. The van der Waals surface area contributed by atoms with Crippen LogP contribution in [0, 0.1) is 6.92 Å². The third kappa shape index (κ3) is 1.63. The molecule has 3 aromatic rings. The number of benzene rings is 1. The molecule has 0 amide bonds. The quantitative estimate of drug-likeness (QED) is 0.669. The van der Waals surface area contributed by atoms with Crippen LogP contribution in [0.15, 0.2) is 36.5 Å². The summed E-state index contributed by atoms with van der Waals surface area (Å²) in [6.45, 7) is 2.02. The number of aromatic amines is 1. The van der Waals surface area contributed by atoms with Crippen molar-refractivity contribution < 1.29 is 5.11 Å². The number of nitrogens with zero attached hydrogens (tertiary/aromatic N) is 2. The number of pyridine rings is 1. The minimum Gasteiger partial charge on any atom is -0.508 e. The minimum atomic E-state index is 0.249. The average Bonchev–Trinajstić information content (AvgIpc) is 2.75. The van der Waals surface area contributed by atoms with Crippen molar-refractivity contribution >= 4 is 11.2 Å². The van der Waals surface area contributed by atoms with E-state index in [0.717, 1.165) is 22.5 Å². The molecule has 2 heterocycles. The topological polar surface area (TPSA) is 61.8 Å². The number of aromatic nitrogens is 3. The van der Waals surface area contributed by atoms with Crippen LogP contribution in [0.4, 0.5) is 0 Å². The minimum absolute atomic E-state index is 0.249. The number of aryl methyl sites for hydroxylation is 1. The van der Waals surface area contributed by atoms with E-state index in [4.69, 9.17) is 0 Å². The fourth-order valence-electron chi connectivity index (χ4n) is 1.79. The summed E-state index contributed by atoms with van der Waals surface area (Å²) in [5, 5.41) is 9.24. The predicted molar refractivity (Wildman–Crippen MR) is 65.7 cm³/mol. The van der Waals surface area contributed by atoms with E-state index in [1.54, 1.807) is 18.3 Å². The van der Waals surface area contributed by atoms with Crippen molar-refractivity contribution in [2.45, 2.75) is 6.92 Å². The Kier molecular flexibility index (Phi) is 2.08. The SMILES string of the molecule is Cc1ccnc2nc(-c3ccc(O)cc3)[nH]c12. The highest BCUT2D eigenvalue weighted by molar-refractivity contribution is 5.78. The Morgan fingerprint density at radius 3 is 2.59 bits per heavy atom. The van der Waals surface area contributed by atoms with Gasteiger partial charge in [-0.3, -0.25) is 0 Å². The first-order chi connectivity index (χ1) is 8.24. The number of nitrogens with one attached hydrogen (secondary N) is 1. The molecule has 0 aliphatic rings. The second-order valence-electron chi connectivity index (χ2n) is 3.96. The molecule has 0 aliphatic heterocycles. The van der Waals surface area contributed by atoms with Gasteiger partial charge in [0.05, 0.1) is 5.52 Å². The molecular weight excluding hydrogens is 214 g/mol. The highest BCUT2D eigenvalue weighted by Gasteiger charge is 2.07. The molecule has 0 fully saturated rings. The Bertz CT molecular complexity index is 671. The van der Waals surface area contributed by atoms with E-state index in [0.29, 0.717) is 5.65 Å². The summed E-state index contributed by atoms with van der Waals surface area (Å²) in [5.41, 5.74) is 3.72. The van der Waals surface area contributed by atoms with Gasteiger partial charge in [-0.1, -0.05) is 0 Å². The molecule has 0 saturated carbocycles. The van der Waals surface area contributed by atoms with Crippen molar-refractivity contribution in [1.82, 2.24) is 15.0 Å². The second kappa shape index (κ2) is 3.59. The number of fused-ring (bicyclic) bond motifs is 1. The molecule has 84 valence electrons. The van der Waals surface area contributed by atoms with Crippen molar-refractivity contribution in [2.24, 2.45) is 0 Å². The van der Waals surface area contributed by atoms with E-state index in [9.17, 15) is 5.11 Å². The number of hydrogen-bond donors (Lipinski definition) is 2. The second-order valence-corrected chi connectivity index (χ2v) is 3.96. The molecule has 0 unspecified atom stereocenters. The Morgan fingerprint density at radius 2 is 1.88 bits per heavy atom. The van der Waals surface area contributed by atoms with Gasteiger partial charge in [-0.15, -0.1) is 0 Å². The summed E-state index contributed by atoms with van der Waals surface area (Å²) in [5.74, 6) is 1.01. The number of imidazole rings is 1. The lowest BCUT2D eigenvalue weighted by atomic mass is 10.2. The molecule has 0 saturated heterocycles.